The fourth-order valence-electron chi connectivity index (χ4n) is 2.79. The smallest absolute Gasteiger partial charge is 0.224 e. The van der Waals surface area contributed by atoms with Gasteiger partial charge in [0.15, 0.2) is 0 Å². The molecule has 2 aromatic carbocycles. The van der Waals surface area contributed by atoms with Crippen molar-refractivity contribution in [1.29, 1.82) is 0 Å². The first-order chi connectivity index (χ1) is 12.9. The zero-order valence-corrected chi connectivity index (χ0v) is 16.5. The number of anilines is 1. The molecule has 0 aliphatic heterocycles. The van der Waals surface area contributed by atoms with Gasteiger partial charge in [-0.3, -0.25) is 9.59 Å². The van der Waals surface area contributed by atoms with Gasteiger partial charge >= 0.3 is 0 Å². The highest BCUT2D eigenvalue weighted by Crippen LogP contribution is 2.21. The lowest BCUT2D eigenvalue weighted by molar-refractivity contribution is -0.130. The Morgan fingerprint density at radius 2 is 1.63 bits per heavy atom. The van der Waals surface area contributed by atoms with Crippen molar-refractivity contribution in [2.24, 2.45) is 0 Å². The lowest BCUT2D eigenvalue weighted by atomic mass is 10.2. The molecule has 5 nitrogen and oxygen atoms in total. The van der Waals surface area contributed by atoms with Gasteiger partial charge in [0.05, 0.1) is 6.10 Å². The van der Waals surface area contributed by atoms with Gasteiger partial charge in [-0.25, -0.2) is 0 Å². The molecule has 2 amide bonds. The Balaban J connectivity index is 1.95. The maximum Gasteiger partial charge on any atom is 0.224 e. The van der Waals surface area contributed by atoms with E-state index in [1.807, 2.05) is 68.4 Å². The fraction of sp³-hybridized carbons (Fsp3) is 0.364. The van der Waals surface area contributed by atoms with Crippen molar-refractivity contribution in [1.82, 2.24) is 4.90 Å². The van der Waals surface area contributed by atoms with Crippen LogP contribution in [-0.2, 0) is 16.1 Å². The Morgan fingerprint density at radius 1 is 1.00 bits per heavy atom. The van der Waals surface area contributed by atoms with E-state index in [0.717, 1.165) is 17.0 Å². The number of carbonyl (C=O) groups excluding carboxylic acids is 2. The van der Waals surface area contributed by atoms with E-state index in [1.165, 1.54) is 6.92 Å². The summed E-state index contributed by atoms with van der Waals surface area (Å²) in [5, 5.41) is 0. The minimum absolute atomic E-state index is 0.00450. The molecule has 27 heavy (non-hydrogen) atoms. The molecule has 144 valence electrons. The first-order valence-corrected chi connectivity index (χ1v) is 9.19. The Labute approximate surface area is 161 Å². The summed E-state index contributed by atoms with van der Waals surface area (Å²) in [6.45, 7) is 6.34. The van der Waals surface area contributed by atoms with Crippen LogP contribution in [0.5, 0.6) is 5.75 Å². The third-order valence-corrected chi connectivity index (χ3v) is 4.14. The Morgan fingerprint density at radius 3 is 2.19 bits per heavy atom. The highest BCUT2D eigenvalue weighted by Gasteiger charge is 2.16. The predicted molar refractivity (Wildman–Crippen MR) is 108 cm³/mol. The number of hydrogen-bond acceptors (Lipinski definition) is 3. The fourth-order valence-corrected chi connectivity index (χ4v) is 2.79. The number of benzene rings is 2. The van der Waals surface area contributed by atoms with E-state index in [4.69, 9.17) is 4.74 Å². The van der Waals surface area contributed by atoms with E-state index in [1.54, 1.807) is 16.8 Å². The van der Waals surface area contributed by atoms with Crippen molar-refractivity contribution in [2.75, 3.05) is 18.5 Å². The molecule has 0 aromatic heterocycles. The zero-order valence-electron chi connectivity index (χ0n) is 16.5. The number of amides is 2. The molecule has 0 atom stereocenters. The van der Waals surface area contributed by atoms with Crippen LogP contribution in [0.1, 0.15) is 32.8 Å². The quantitative estimate of drug-likeness (QED) is 0.711. The third kappa shape index (κ3) is 6.44. The van der Waals surface area contributed by atoms with Crippen LogP contribution in [0, 0.1) is 0 Å². The molecule has 5 heteroatoms. The lowest BCUT2D eigenvalue weighted by Gasteiger charge is -2.23. The summed E-state index contributed by atoms with van der Waals surface area (Å²) >= 11 is 0. The van der Waals surface area contributed by atoms with Crippen LogP contribution in [0.15, 0.2) is 54.6 Å². The number of nitrogens with zero attached hydrogens (tertiary/aromatic N) is 2. The molecule has 0 saturated carbocycles. The monoisotopic (exact) mass is 368 g/mol. The second-order valence-corrected chi connectivity index (χ2v) is 6.82. The topological polar surface area (TPSA) is 49.9 Å². The SMILES string of the molecule is CC(=O)N(CCC(=O)N(C)Cc1ccccc1)c1ccc(OC(C)C)cc1. The van der Waals surface area contributed by atoms with Gasteiger partial charge in [-0.1, -0.05) is 30.3 Å². The van der Waals surface area contributed by atoms with Gasteiger partial charge in [-0.05, 0) is 43.7 Å². The normalized spacial score (nSPS) is 10.6. The third-order valence-electron chi connectivity index (χ3n) is 4.14. The van der Waals surface area contributed by atoms with Crippen LogP contribution in [0.3, 0.4) is 0 Å². The van der Waals surface area contributed by atoms with Gasteiger partial charge in [0.2, 0.25) is 11.8 Å². The molecule has 0 fully saturated rings. The number of rotatable bonds is 8. The predicted octanol–water partition coefficient (Wildman–Crippen LogP) is 3.88. The molecule has 0 heterocycles. The second kappa shape index (κ2) is 9.76. The minimum atomic E-state index is -0.0916. The maximum absolute atomic E-state index is 12.4. The van der Waals surface area contributed by atoms with Crippen molar-refractivity contribution in [3.63, 3.8) is 0 Å². The Hall–Kier alpha value is -2.82. The van der Waals surface area contributed by atoms with Crippen molar-refractivity contribution in [3.8, 4) is 5.75 Å². The molecule has 0 spiro atoms. The average molecular weight is 368 g/mol. The summed E-state index contributed by atoms with van der Waals surface area (Å²) in [5.74, 6) is 0.673. The largest absolute Gasteiger partial charge is 0.491 e. The molecule has 2 rings (SSSR count). The Bertz CT molecular complexity index is 742. The van der Waals surface area contributed by atoms with Crippen molar-refractivity contribution in [2.45, 2.75) is 39.8 Å². The molecular formula is C22H28N2O3. The first-order valence-electron chi connectivity index (χ1n) is 9.19. The molecule has 0 bridgehead atoms. The van der Waals surface area contributed by atoms with Gasteiger partial charge in [-0.2, -0.15) is 0 Å². The highest BCUT2D eigenvalue weighted by molar-refractivity contribution is 5.92. The summed E-state index contributed by atoms with van der Waals surface area (Å²) in [6.07, 6.45) is 0.366. The molecule has 0 N–H and O–H groups in total. The molecule has 0 aliphatic carbocycles. The molecule has 2 aromatic rings. The second-order valence-electron chi connectivity index (χ2n) is 6.82. The van der Waals surface area contributed by atoms with Crippen LogP contribution < -0.4 is 9.64 Å². The minimum Gasteiger partial charge on any atom is -0.491 e. The van der Waals surface area contributed by atoms with Gasteiger partial charge < -0.3 is 14.5 Å². The first kappa shape index (κ1) is 20.5. The van der Waals surface area contributed by atoms with E-state index in [2.05, 4.69) is 0 Å². The summed E-state index contributed by atoms with van der Waals surface area (Å²) in [7, 11) is 1.78. The summed E-state index contributed by atoms with van der Waals surface area (Å²) in [5.41, 5.74) is 1.84. The van der Waals surface area contributed by atoms with Crippen LogP contribution in [0.4, 0.5) is 5.69 Å². The van der Waals surface area contributed by atoms with Gasteiger partial charge in [0, 0.05) is 39.2 Å². The zero-order chi connectivity index (χ0) is 19.8. The van der Waals surface area contributed by atoms with E-state index in [0.29, 0.717) is 13.1 Å². The van der Waals surface area contributed by atoms with Crippen LogP contribution >= 0.6 is 0 Å². The van der Waals surface area contributed by atoms with Crippen molar-refractivity contribution < 1.29 is 14.3 Å². The van der Waals surface area contributed by atoms with Gasteiger partial charge in [0.1, 0.15) is 5.75 Å². The molecule has 0 unspecified atom stereocenters. The number of hydrogen-bond donors (Lipinski definition) is 0. The molecule has 0 radical (unpaired) electrons. The van der Waals surface area contributed by atoms with Gasteiger partial charge in [-0.15, -0.1) is 0 Å². The lowest BCUT2D eigenvalue weighted by Crippen LogP contribution is -2.34. The van der Waals surface area contributed by atoms with Crippen molar-refractivity contribution in [3.05, 3.63) is 60.2 Å². The average Bonchev–Trinajstić information content (AvgIpc) is 2.63. The van der Waals surface area contributed by atoms with E-state index < -0.39 is 0 Å². The van der Waals surface area contributed by atoms with Crippen LogP contribution in [-0.4, -0.2) is 36.4 Å². The Kier molecular flexibility index (Phi) is 7.41. The van der Waals surface area contributed by atoms with Gasteiger partial charge in [0.25, 0.3) is 0 Å². The van der Waals surface area contributed by atoms with E-state index >= 15 is 0 Å². The van der Waals surface area contributed by atoms with E-state index in [9.17, 15) is 9.59 Å². The summed E-state index contributed by atoms with van der Waals surface area (Å²) < 4.78 is 5.63. The summed E-state index contributed by atoms with van der Waals surface area (Å²) in [4.78, 5) is 27.8. The van der Waals surface area contributed by atoms with Crippen LogP contribution in [0.25, 0.3) is 0 Å². The summed E-state index contributed by atoms with van der Waals surface area (Å²) in [6, 6.07) is 17.2. The van der Waals surface area contributed by atoms with Crippen LogP contribution in [0.2, 0.25) is 0 Å². The number of ether oxygens (including phenoxy) is 1. The molecule has 0 saturated heterocycles. The van der Waals surface area contributed by atoms with E-state index in [-0.39, 0.29) is 24.3 Å². The van der Waals surface area contributed by atoms with Crippen molar-refractivity contribution >= 4 is 17.5 Å². The maximum atomic E-state index is 12.4. The molecular weight excluding hydrogens is 340 g/mol. The number of carbonyl (C=O) groups is 2. The molecule has 0 aliphatic rings. The highest BCUT2D eigenvalue weighted by atomic mass is 16.5. The standard InChI is InChI=1S/C22H28N2O3/c1-17(2)27-21-12-10-20(11-13-21)24(18(3)25)15-14-22(26)23(4)16-19-8-6-5-7-9-19/h5-13,17H,14-16H2,1-4H3.